The van der Waals surface area contributed by atoms with Gasteiger partial charge in [0.1, 0.15) is 5.75 Å². The number of ketones is 1. The molecular weight excluding hydrogens is 582 g/mol. The van der Waals surface area contributed by atoms with Crippen molar-refractivity contribution in [3.63, 3.8) is 0 Å². The molecule has 0 aliphatic carbocycles. The van der Waals surface area contributed by atoms with Crippen molar-refractivity contribution in [3.8, 4) is 28.3 Å². The Hall–Kier alpha value is -5.09. The average Bonchev–Trinajstić information content (AvgIpc) is 3.48. The second-order valence-electron chi connectivity index (χ2n) is 10.4. The maximum atomic E-state index is 12.4. The molecule has 10 heteroatoms. The van der Waals surface area contributed by atoms with Gasteiger partial charge in [0.25, 0.3) is 5.91 Å². The van der Waals surface area contributed by atoms with Gasteiger partial charge in [-0.15, -0.1) is 0 Å². The summed E-state index contributed by atoms with van der Waals surface area (Å²) in [6.45, 7) is 13.5. The average molecular weight is 628 g/mol. The number of hydrogen-bond donors (Lipinski definition) is 3. The predicted octanol–water partition coefficient (Wildman–Crippen LogP) is 6.53. The molecule has 4 rings (SSSR count). The van der Waals surface area contributed by atoms with E-state index in [4.69, 9.17) is 16.2 Å². The second kappa shape index (κ2) is 18.7. The number of ether oxygens (including phenoxy) is 1. The lowest BCUT2D eigenvalue weighted by Crippen LogP contribution is -2.41. The third kappa shape index (κ3) is 11.4. The molecule has 0 saturated carbocycles. The molecular formula is C36H45N5O5. The first kappa shape index (κ1) is 37.1. The Labute approximate surface area is 270 Å². The summed E-state index contributed by atoms with van der Waals surface area (Å²) >= 11 is 0. The molecule has 1 atom stereocenters. The fourth-order valence-electron chi connectivity index (χ4n) is 4.33. The molecule has 1 heterocycles. The van der Waals surface area contributed by atoms with Crippen LogP contribution in [0.4, 0.5) is 0 Å². The van der Waals surface area contributed by atoms with Crippen molar-refractivity contribution in [2.75, 3.05) is 0 Å². The van der Waals surface area contributed by atoms with E-state index < -0.39 is 17.9 Å². The standard InChI is InChI=1S/C25H27N3O3.C9H12N2O2.C2H6/c1-5-8-23(26-16(2)3)22(17(4)29)15-18-11-13-19(14-12-18)20-9-6-7-10-21(20)24-27-25(30)31-28-24;1-6-2-4-7(5-3-6)13-9(11)8(10)12;1-2/h6-7,9-14H,5,8,15H2,1-4H3,(H,27,28,30);2-5,9H,11H2,1H3,(H2,10,12);1-2H3/b23-22-;;. The number of nitrogens with one attached hydrogen (secondary N) is 1. The molecule has 4 aromatic rings. The highest BCUT2D eigenvalue weighted by molar-refractivity contribution is 5.95. The number of aromatic amines is 1. The SMILES string of the molecule is CC.CCC/C(N=C(C)C)=C(\Cc1ccc(-c2ccccc2-c2noc(=O)[nH]2)cc1)C(C)=O.Cc1ccc(OC(N)C(N)=O)cc1. The number of H-pyrrole nitrogens is 1. The van der Waals surface area contributed by atoms with E-state index in [-0.39, 0.29) is 5.78 Å². The second-order valence-corrected chi connectivity index (χ2v) is 10.4. The highest BCUT2D eigenvalue weighted by Crippen LogP contribution is 2.30. The highest BCUT2D eigenvalue weighted by Gasteiger charge is 2.14. The topological polar surface area (TPSA) is 167 Å². The van der Waals surface area contributed by atoms with Gasteiger partial charge in [-0.05, 0) is 62.9 Å². The lowest BCUT2D eigenvalue weighted by molar-refractivity contribution is -0.124. The predicted molar refractivity (Wildman–Crippen MR) is 183 cm³/mol. The lowest BCUT2D eigenvalue weighted by Gasteiger charge is -2.12. The van der Waals surface area contributed by atoms with Crippen molar-refractivity contribution in [1.82, 2.24) is 10.1 Å². The van der Waals surface area contributed by atoms with Gasteiger partial charge < -0.3 is 10.5 Å². The summed E-state index contributed by atoms with van der Waals surface area (Å²) in [5, 5.41) is 3.81. The van der Waals surface area contributed by atoms with Gasteiger partial charge in [-0.1, -0.05) is 98.6 Å². The highest BCUT2D eigenvalue weighted by atomic mass is 16.5. The molecule has 0 radical (unpaired) electrons. The fourth-order valence-corrected chi connectivity index (χ4v) is 4.33. The molecule has 1 aromatic heterocycles. The van der Waals surface area contributed by atoms with Crippen molar-refractivity contribution in [1.29, 1.82) is 0 Å². The van der Waals surface area contributed by atoms with E-state index in [1.807, 2.05) is 95.3 Å². The van der Waals surface area contributed by atoms with E-state index >= 15 is 0 Å². The van der Waals surface area contributed by atoms with Crippen molar-refractivity contribution < 1.29 is 18.8 Å². The van der Waals surface area contributed by atoms with Crippen LogP contribution in [0.5, 0.6) is 5.75 Å². The number of aryl methyl sites for hydroxylation is 1. The zero-order chi connectivity index (χ0) is 34.2. The van der Waals surface area contributed by atoms with Crippen LogP contribution in [-0.4, -0.2) is 33.8 Å². The molecule has 3 aromatic carbocycles. The number of nitrogens with two attached hydrogens (primary N) is 2. The zero-order valence-corrected chi connectivity index (χ0v) is 27.7. The summed E-state index contributed by atoms with van der Waals surface area (Å²) < 4.78 is 9.69. The zero-order valence-electron chi connectivity index (χ0n) is 27.7. The van der Waals surface area contributed by atoms with Crippen LogP contribution in [-0.2, 0) is 16.0 Å². The molecule has 10 nitrogen and oxygen atoms in total. The molecule has 0 aliphatic rings. The number of Topliss-reactive ketones (excluding diaryl/α,β-unsaturated/α-hetero) is 1. The van der Waals surface area contributed by atoms with E-state index in [0.29, 0.717) is 18.0 Å². The Morgan fingerprint density at radius 1 is 0.957 bits per heavy atom. The van der Waals surface area contributed by atoms with E-state index in [9.17, 15) is 14.4 Å². The first-order chi connectivity index (χ1) is 22.0. The van der Waals surface area contributed by atoms with Gasteiger partial charge >= 0.3 is 5.76 Å². The van der Waals surface area contributed by atoms with Crippen molar-refractivity contribution in [3.05, 3.63) is 106 Å². The number of amides is 1. The van der Waals surface area contributed by atoms with Crippen molar-refractivity contribution in [2.24, 2.45) is 16.5 Å². The number of rotatable bonds is 11. The Balaban J connectivity index is 0.000000410. The molecule has 0 bridgehead atoms. The van der Waals surface area contributed by atoms with Crippen molar-refractivity contribution >= 4 is 17.4 Å². The van der Waals surface area contributed by atoms with Crippen LogP contribution in [0.3, 0.4) is 0 Å². The fraction of sp³-hybridized carbons (Fsp3) is 0.306. The van der Waals surface area contributed by atoms with Gasteiger partial charge in [0.05, 0.1) is 0 Å². The smallest absolute Gasteiger partial charge is 0.439 e. The lowest BCUT2D eigenvalue weighted by atomic mass is 9.95. The van der Waals surface area contributed by atoms with E-state index in [2.05, 4.69) is 26.6 Å². The largest absolute Gasteiger partial charge is 0.466 e. The minimum atomic E-state index is -1.08. The number of nitrogens with zero attached hydrogens (tertiary/aromatic N) is 2. The molecule has 0 aliphatic heterocycles. The summed E-state index contributed by atoms with van der Waals surface area (Å²) in [4.78, 5) is 41.5. The van der Waals surface area contributed by atoms with Crippen LogP contribution >= 0.6 is 0 Å². The van der Waals surface area contributed by atoms with E-state index in [0.717, 1.165) is 57.6 Å². The van der Waals surface area contributed by atoms with E-state index in [1.165, 1.54) is 0 Å². The number of aliphatic imine (C=N–C) groups is 1. The number of carbonyl (C=O) groups is 2. The van der Waals surface area contributed by atoms with Crippen LogP contribution in [0.2, 0.25) is 0 Å². The monoisotopic (exact) mass is 627 g/mol. The molecule has 1 amide bonds. The Bertz CT molecular complexity index is 1680. The molecule has 0 fully saturated rings. The molecule has 46 heavy (non-hydrogen) atoms. The molecule has 5 N–H and O–H groups in total. The molecule has 0 spiro atoms. The Kier molecular flexibility index (Phi) is 15.0. The number of aromatic nitrogens is 2. The maximum absolute atomic E-state index is 12.4. The van der Waals surface area contributed by atoms with Crippen LogP contribution in [0.15, 0.2) is 98.4 Å². The van der Waals surface area contributed by atoms with Crippen molar-refractivity contribution in [2.45, 2.75) is 74.0 Å². The Morgan fingerprint density at radius 2 is 1.57 bits per heavy atom. The van der Waals surface area contributed by atoms with Crippen LogP contribution in [0.25, 0.3) is 22.5 Å². The van der Waals surface area contributed by atoms with Crippen LogP contribution in [0.1, 0.15) is 65.5 Å². The summed E-state index contributed by atoms with van der Waals surface area (Å²) in [7, 11) is 0. The first-order valence-electron chi connectivity index (χ1n) is 15.3. The van der Waals surface area contributed by atoms with Crippen LogP contribution in [0, 0.1) is 6.92 Å². The minimum absolute atomic E-state index is 0.0536. The molecule has 1 unspecified atom stereocenters. The van der Waals surface area contributed by atoms with E-state index in [1.54, 1.807) is 19.1 Å². The number of allylic oxidation sites excluding steroid dienone is 2. The molecule has 244 valence electrons. The first-order valence-corrected chi connectivity index (χ1v) is 15.3. The van der Waals surface area contributed by atoms with Gasteiger partial charge in [-0.25, -0.2) is 4.79 Å². The maximum Gasteiger partial charge on any atom is 0.439 e. The minimum Gasteiger partial charge on any atom is -0.466 e. The number of primary amides is 1. The number of benzene rings is 3. The number of carbonyl (C=O) groups excluding carboxylic acids is 2. The summed E-state index contributed by atoms with van der Waals surface area (Å²) in [5.41, 5.74) is 17.6. The normalized spacial score (nSPS) is 11.5. The third-order valence-corrected chi connectivity index (χ3v) is 6.45. The summed E-state index contributed by atoms with van der Waals surface area (Å²) in [5.74, 6) is -0.282. The summed E-state index contributed by atoms with van der Waals surface area (Å²) in [6.07, 6.45) is 1.17. The van der Waals surface area contributed by atoms with Gasteiger partial charge in [-0.3, -0.25) is 29.8 Å². The van der Waals surface area contributed by atoms with Crippen LogP contribution < -0.4 is 22.0 Å². The number of hydrogen-bond acceptors (Lipinski definition) is 8. The van der Waals surface area contributed by atoms with Gasteiger partial charge in [0.15, 0.2) is 11.6 Å². The summed E-state index contributed by atoms with van der Waals surface area (Å²) in [6, 6.07) is 22.9. The van der Waals surface area contributed by atoms with Gasteiger partial charge in [0.2, 0.25) is 6.23 Å². The van der Waals surface area contributed by atoms with Gasteiger partial charge in [0, 0.05) is 29.0 Å². The third-order valence-electron chi connectivity index (χ3n) is 6.45. The quantitative estimate of drug-likeness (QED) is 0.0965. The van der Waals surface area contributed by atoms with Gasteiger partial charge in [-0.2, -0.15) is 0 Å². The Morgan fingerprint density at radius 3 is 2.07 bits per heavy atom. The molecule has 0 saturated heterocycles.